The lowest BCUT2D eigenvalue weighted by Crippen LogP contribution is -2.12. The van der Waals surface area contributed by atoms with E-state index in [-0.39, 0.29) is 24.7 Å². The van der Waals surface area contributed by atoms with E-state index in [0.29, 0.717) is 23.0 Å². The van der Waals surface area contributed by atoms with Gasteiger partial charge in [0.05, 0.1) is 11.1 Å². The minimum absolute atomic E-state index is 0.101. The van der Waals surface area contributed by atoms with Gasteiger partial charge < -0.3 is 23.7 Å². The maximum atomic E-state index is 12.1. The molecule has 2 aliphatic rings. The normalized spacial score (nSPS) is 13.7. The third-order valence-electron chi connectivity index (χ3n) is 3.40. The molecule has 0 saturated carbocycles. The van der Waals surface area contributed by atoms with Gasteiger partial charge in [0.2, 0.25) is 13.6 Å². The Bertz CT molecular complexity index is 745. The summed E-state index contributed by atoms with van der Waals surface area (Å²) in [5.74, 6) is 0.425. The molecule has 0 saturated heterocycles. The first-order valence-electron chi connectivity index (χ1n) is 6.76. The van der Waals surface area contributed by atoms with Crippen LogP contribution in [0.1, 0.15) is 20.7 Å². The second-order valence-corrected chi connectivity index (χ2v) is 4.81. The molecule has 0 radical (unpaired) electrons. The van der Waals surface area contributed by atoms with Crippen LogP contribution in [0.25, 0.3) is 0 Å². The van der Waals surface area contributed by atoms with Crippen LogP contribution < -0.4 is 18.9 Å². The van der Waals surface area contributed by atoms with Crippen LogP contribution in [0.5, 0.6) is 23.0 Å². The summed E-state index contributed by atoms with van der Waals surface area (Å²) in [4.78, 5) is 24.1. The van der Waals surface area contributed by atoms with Crippen LogP contribution in [0.3, 0.4) is 0 Å². The Kier molecular flexibility index (Phi) is 3.04. The SMILES string of the molecule is O=C(OC(=O)c1ccc2c(c1)OCO2)c1ccc2c(c1)OCO2. The molecule has 7 heteroatoms. The van der Waals surface area contributed by atoms with Gasteiger partial charge in [-0.25, -0.2) is 9.59 Å². The number of esters is 2. The molecule has 2 aromatic carbocycles. The topological polar surface area (TPSA) is 80.3 Å². The van der Waals surface area contributed by atoms with E-state index in [1.807, 2.05) is 0 Å². The molecule has 7 nitrogen and oxygen atoms in total. The molecule has 0 bridgehead atoms. The van der Waals surface area contributed by atoms with Gasteiger partial charge >= 0.3 is 11.9 Å². The number of hydrogen-bond donors (Lipinski definition) is 0. The molecule has 23 heavy (non-hydrogen) atoms. The summed E-state index contributed by atoms with van der Waals surface area (Å²) in [7, 11) is 0. The largest absolute Gasteiger partial charge is 0.454 e. The van der Waals surface area contributed by atoms with Crippen LogP contribution in [0.4, 0.5) is 0 Å². The van der Waals surface area contributed by atoms with Crippen molar-refractivity contribution in [2.24, 2.45) is 0 Å². The molecule has 4 rings (SSSR count). The zero-order chi connectivity index (χ0) is 15.8. The zero-order valence-electron chi connectivity index (χ0n) is 11.7. The van der Waals surface area contributed by atoms with Crippen molar-refractivity contribution in [3.05, 3.63) is 47.5 Å². The van der Waals surface area contributed by atoms with Gasteiger partial charge in [0.15, 0.2) is 23.0 Å². The van der Waals surface area contributed by atoms with Crippen molar-refractivity contribution in [3.8, 4) is 23.0 Å². The van der Waals surface area contributed by atoms with Crippen LogP contribution in [-0.4, -0.2) is 25.5 Å². The quantitative estimate of drug-likeness (QED) is 0.620. The Hall–Kier alpha value is -3.22. The van der Waals surface area contributed by atoms with E-state index < -0.39 is 11.9 Å². The fourth-order valence-electron chi connectivity index (χ4n) is 2.25. The van der Waals surface area contributed by atoms with E-state index in [1.165, 1.54) is 24.3 Å². The van der Waals surface area contributed by atoms with E-state index in [2.05, 4.69) is 0 Å². The number of benzene rings is 2. The fourth-order valence-corrected chi connectivity index (χ4v) is 2.25. The van der Waals surface area contributed by atoms with Crippen LogP contribution >= 0.6 is 0 Å². The highest BCUT2D eigenvalue weighted by atomic mass is 16.7. The molecule has 0 spiro atoms. The molecule has 0 amide bonds. The zero-order valence-corrected chi connectivity index (χ0v) is 11.7. The molecule has 0 atom stereocenters. The lowest BCUT2D eigenvalue weighted by molar-refractivity contribution is 0.0397. The second-order valence-electron chi connectivity index (χ2n) is 4.81. The molecule has 2 heterocycles. The summed E-state index contributed by atoms with van der Waals surface area (Å²) in [5.41, 5.74) is 0.395. The van der Waals surface area contributed by atoms with Gasteiger partial charge in [0, 0.05) is 0 Å². The van der Waals surface area contributed by atoms with Crippen molar-refractivity contribution in [2.45, 2.75) is 0 Å². The molecule has 0 aromatic heterocycles. The molecular formula is C16H10O7. The van der Waals surface area contributed by atoms with Gasteiger partial charge in [-0.1, -0.05) is 0 Å². The van der Waals surface area contributed by atoms with Crippen molar-refractivity contribution in [1.29, 1.82) is 0 Å². The summed E-state index contributed by atoms with van der Waals surface area (Å²) in [6, 6.07) is 9.12. The third kappa shape index (κ3) is 2.42. The smallest absolute Gasteiger partial charge is 0.346 e. The predicted octanol–water partition coefficient (Wildman–Crippen LogP) is 2.14. The summed E-state index contributed by atoms with van der Waals surface area (Å²) in [6.45, 7) is 0.202. The van der Waals surface area contributed by atoms with Crippen molar-refractivity contribution >= 4 is 11.9 Å². The molecule has 0 unspecified atom stereocenters. The van der Waals surface area contributed by atoms with Gasteiger partial charge in [-0.2, -0.15) is 0 Å². The monoisotopic (exact) mass is 314 g/mol. The van der Waals surface area contributed by atoms with Crippen molar-refractivity contribution < 1.29 is 33.3 Å². The second kappa shape index (κ2) is 5.20. The molecule has 0 N–H and O–H groups in total. The molecule has 116 valence electrons. The van der Waals surface area contributed by atoms with E-state index in [1.54, 1.807) is 12.1 Å². The Morgan fingerprint density at radius 2 is 1.13 bits per heavy atom. The van der Waals surface area contributed by atoms with E-state index in [0.717, 1.165) is 0 Å². The van der Waals surface area contributed by atoms with E-state index >= 15 is 0 Å². The highest BCUT2D eigenvalue weighted by Crippen LogP contribution is 2.34. The van der Waals surface area contributed by atoms with Gasteiger partial charge in [-0.15, -0.1) is 0 Å². The van der Waals surface area contributed by atoms with Crippen molar-refractivity contribution in [2.75, 3.05) is 13.6 Å². The first kappa shape index (κ1) is 13.4. The Morgan fingerprint density at radius 1 is 0.696 bits per heavy atom. The molecule has 2 aromatic rings. The van der Waals surface area contributed by atoms with E-state index in [9.17, 15) is 9.59 Å². The molecular weight excluding hydrogens is 304 g/mol. The number of carbonyl (C=O) groups excluding carboxylic acids is 2. The minimum Gasteiger partial charge on any atom is -0.454 e. The average Bonchev–Trinajstić information content (AvgIpc) is 3.21. The fraction of sp³-hybridized carbons (Fsp3) is 0.125. The predicted molar refractivity (Wildman–Crippen MR) is 74.9 cm³/mol. The van der Waals surface area contributed by atoms with Gasteiger partial charge in [0.1, 0.15) is 0 Å². The Balaban J connectivity index is 1.51. The summed E-state index contributed by atoms with van der Waals surface area (Å²) < 4.78 is 25.6. The maximum Gasteiger partial charge on any atom is 0.346 e. The number of rotatable bonds is 2. The van der Waals surface area contributed by atoms with Crippen molar-refractivity contribution in [3.63, 3.8) is 0 Å². The number of hydrogen-bond acceptors (Lipinski definition) is 7. The van der Waals surface area contributed by atoms with Gasteiger partial charge in [-0.3, -0.25) is 0 Å². The van der Waals surface area contributed by atoms with Crippen molar-refractivity contribution in [1.82, 2.24) is 0 Å². The number of carbonyl (C=O) groups is 2. The van der Waals surface area contributed by atoms with Crippen LogP contribution in [0.2, 0.25) is 0 Å². The molecule has 0 aliphatic carbocycles. The highest BCUT2D eigenvalue weighted by molar-refractivity contribution is 6.03. The lowest BCUT2D eigenvalue weighted by Gasteiger charge is -2.05. The van der Waals surface area contributed by atoms with Crippen LogP contribution in [-0.2, 0) is 4.74 Å². The number of fused-ring (bicyclic) bond motifs is 2. The Morgan fingerprint density at radius 3 is 1.61 bits per heavy atom. The lowest BCUT2D eigenvalue weighted by atomic mass is 10.2. The summed E-state index contributed by atoms with van der Waals surface area (Å²) in [5, 5.41) is 0. The third-order valence-corrected chi connectivity index (χ3v) is 3.40. The summed E-state index contributed by atoms with van der Waals surface area (Å²) in [6.07, 6.45) is 0. The highest BCUT2D eigenvalue weighted by Gasteiger charge is 2.21. The van der Waals surface area contributed by atoms with Crippen LogP contribution in [0.15, 0.2) is 36.4 Å². The van der Waals surface area contributed by atoms with E-state index in [4.69, 9.17) is 23.7 Å². The summed E-state index contributed by atoms with van der Waals surface area (Å²) >= 11 is 0. The minimum atomic E-state index is -0.772. The molecule has 2 aliphatic heterocycles. The number of ether oxygens (including phenoxy) is 5. The first-order valence-corrected chi connectivity index (χ1v) is 6.76. The van der Waals surface area contributed by atoms with Gasteiger partial charge in [-0.05, 0) is 36.4 Å². The average molecular weight is 314 g/mol. The Labute approximate surface area is 130 Å². The first-order chi connectivity index (χ1) is 11.2. The maximum absolute atomic E-state index is 12.1. The van der Waals surface area contributed by atoms with Gasteiger partial charge in [0.25, 0.3) is 0 Å². The molecule has 0 fully saturated rings. The standard InChI is InChI=1S/C16H10O7/c17-15(9-1-3-11-13(5-9)21-7-19-11)23-16(18)10-2-4-12-14(6-10)22-8-20-12/h1-6H,7-8H2. The van der Waals surface area contributed by atoms with Crippen LogP contribution in [0, 0.1) is 0 Å².